The van der Waals surface area contributed by atoms with Crippen molar-refractivity contribution < 1.29 is 14.3 Å². The van der Waals surface area contributed by atoms with Crippen molar-refractivity contribution in [3.63, 3.8) is 0 Å². The molecule has 0 amide bonds. The van der Waals surface area contributed by atoms with Gasteiger partial charge in [-0.15, -0.1) is 11.6 Å². The van der Waals surface area contributed by atoms with E-state index >= 15 is 0 Å². The first-order chi connectivity index (χ1) is 6.11. The SMILES string of the molecule is O=C(O)/C=C/C1C(F)CCCC1Cl. The molecular formula is C9H12ClFO2. The number of alkyl halides is 2. The van der Waals surface area contributed by atoms with Crippen molar-refractivity contribution in [2.24, 2.45) is 5.92 Å². The van der Waals surface area contributed by atoms with E-state index < -0.39 is 18.1 Å². The second kappa shape index (κ2) is 4.61. The van der Waals surface area contributed by atoms with E-state index in [9.17, 15) is 9.18 Å². The van der Waals surface area contributed by atoms with Crippen LogP contribution in [0.1, 0.15) is 19.3 Å². The lowest BCUT2D eigenvalue weighted by atomic mass is 9.87. The van der Waals surface area contributed by atoms with Gasteiger partial charge >= 0.3 is 5.97 Å². The fraction of sp³-hybridized carbons (Fsp3) is 0.667. The number of hydrogen-bond donors (Lipinski definition) is 1. The first-order valence-corrected chi connectivity index (χ1v) is 4.74. The highest BCUT2D eigenvalue weighted by atomic mass is 35.5. The van der Waals surface area contributed by atoms with Crippen molar-refractivity contribution in [1.29, 1.82) is 0 Å². The van der Waals surface area contributed by atoms with Gasteiger partial charge in [0.1, 0.15) is 6.17 Å². The summed E-state index contributed by atoms with van der Waals surface area (Å²) in [6.07, 6.45) is 3.37. The molecule has 0 spiro atoms. The maximum Gasteiger partial charge on any atom is 0.327 e. The fourth-order valence-electron chi connectivity index (χ4n) is 1.55. The molecule has 1 rings (SSSR count). The van der Waals surface area contributed by atoms with Gasteiger partial charge in [-0.25, -0.2) is 9.18 Å². The summed E-state index contributed by atoms with van der Waals surface area (Å²) in [7, 11) is 0. The van der Waals surface area contributed by atoms with Crippen LogP contribution in [0, 0.1) is 5.92 Å². The van der Waals surface area contributed by atoms with Crippen molar-refractivity contribution in [3.8, 4) is 0 Å². The molecule has 0 radical (unpaired) electrons. The van der Waals surface area contributed by atoms with Gasteiger partial charge in [-0.2, -0.15) is 0 Å². The molecule has 74 valence electrons. The van der Waals surface area contributed by atoms with Gasteiger partial charge in [0.05, 0.1) is 0 Å². The quantitative estimate of drug-likeness (QED) is 0.556. The van der Waals surface area contributed by atoms with E-state index in [1.54, 1.807) is 0 Å². The normalized spacial score (nSPS) is 35.1. The second-order valence-electron chi connectivity index (χ2n) is 3.24. The van der Waals surface area contributed by atoms with Gasteiger partial charge in [-0.1, -0.05) is 6.08 Å². The monoisotopic (exact) mass is 206 g/mol. The van der Waals surface area contributed by atoms with Gasteiger partial charge in [0.2, 0.25) is 0 Å². The van der Waals surface area contributed by atoms with E-state index in [1.807, 2.05) is 0 Å². The van der Waals surface area contributed by atoms with Crippen molar-refractivity contribution >= 4 is 17.6 Å². The third-order valence-electron chi connectivity index (χ3n) is 2.26. The molecule has 1 aliphatic rings. The first-order valence-electron chi connectivity index (χ1n) is 4.30. The Morgan fingerprint density at radius 3 is 2.77 bits per heavy atom. The number of carboxylic acid groups (broad SMARTS) is 1. The summed E-state index contributed by atoms with van der Waals surface area (Å²) in [5.74, 6) is -1.49. The van der Waals surface area contributed by atoms with Gasteiger partial charge in [-0.05, 0) is 19.3 Å². The molecular weight excluding hydrogens is 195 g/mol. The largest absolute Gasteiger partial charge is 0.478 e. The highest BCUT2D eigenvalue weighted by molar-refractivity contribution is 6.21. The second-order valence-corrected chi connectivity index (χ2v) is 3.80. The van der Waals surface area contributed by atoms with Crippen molar-refractivity contribution in [1.82, 2.24) is 0 Å². The number of allylic oxidation sites excluding steroid dienone is 1. The summed E-state index contributed by atoms with van der Waals surface area (Å²) >= 11 is 5.88. The standard InChI is InChI=1S/C9H12ClFO2/c10-7-2-1-3-8(11)6(7)4-5-9(12)13/h4-8H,1-3H2,(H,12,13)/b5-4+. The molecule has 1 fully saturated rings. The Morgan fingerprint density at radius 1 is 1.54 bits per heavy atom. The summed E-state index contributed by atoms with van der Waals surface area (Å²) in [6.45, 7) is 0. The lowest BCUT2D eigenvalue weighted by molar-refractivity contribution is -0.131. The van der Waals surface area contributed by atoms with E-state index in [0.717, 1.165) is 18.9 Å². The molecule has 0 heterocycles. The van der Waals surface area contributed by atoms with Crippen LogP contribution in [-0.2, 0) is 4.79 Å². The van der Waals surface area contributed by atoms with Crippen LogP contribution in [0.2, 0.25) is 0 Å². The number of carboxylic acids is 1. The topological polar surface area (TPSA) is 37.3 Å². The van der Waals surface area contributed by atoms with Gasteiger partial charge in [-0.3, -0.25) is 0 Å². The summed E-state index contributed by atoms with van der Waals surface area (Å²) in [5, 5.41) is 8.10. The van der Waals surface area contributed by atoms with Crippen molar-refractivity contribution in [3.05, 3.63) is 12.2 Å². The molecule has 1 N–H and O–H groups in total. The summed E-state index contributed by atoms with van der Waals surface area (Å²) < 4.78 is 13.2. The average Bonchev–Trinajstić information content (AvgIpc) is 2.03. The molecule has 0 aromatic rings. The highest BCUT2D eigenvalue weighted by Crippen LogP contribution is 2.31. The minimum absolute atomic E-state index is 0.264. The van der Waals surface area contributed by atoms with Crippen LogP contribution in [0.3, 0.4) is 0 Å². The maximum atomic E-state index is 13.2. The third kappa shape index (κ3) is 2.99. The molecule has 0 aromatic heterocycles. The van der Waals surface area contributed by atoms with Gasteiger partial charge < -0.3 is 5.11 Å². The Labute approximate surface area is 81.4 Å². The number of carbonyl (C=O) groups is 1. The molecule has 0 aliphatic heterocycles. The highest BCUT2D eigenvalue weighted by Gasteiger charge is 2.30. The Kier molecular flexibility index (Phi) is 3.72. The number of aliphatic carboxylic acids is 1. The van der Waals surface area contributed by atoms with E-state index in [-0.39, 0.29) is 5.38 Å². The molecule has 2 nitrogen and oxygen atoms in total. The Morgan fingerprint density at radius 2 is 2.23 bits per heavy atom. The van der Waals surface area contributed by atoms with Crippen LogP contribution < -0.4 is 0 Å². The lowest BCUT2D eigenvalue weighted by Gasteiger charge is -2.27. The Bertz CT molecular complexity index is 208. The molecule has 1 aliphatic carbocycles. The average molecular weight is 207 g/mol. The third-order valence-corrected chi connectivity index (χ3v) is 2.77. The summed E-state index contributed by atoms with van der Waals surface area (Å²) in [4.78, 5) is 10.2. The minimum atomic E-state index is -1.05. The number of rotatable bonds is 2. The van der Waals surface area contributed by atoms with E-state index in [2.05, 4.69) is 0 Å². The minimum Gasteiger partial charge on any atom is -0.478 e. The molecule has 1 saturated carbocycles. The van der Waals surface area contributed by atoms with Crippen LogP contribution in [0.25, 0.3) is 0 Å². The maximum absolute atomic E-state index is 13.2. The molecule has 0 saturated heterocycles. The molecule has 4 heteroatoms. The predicted molar refractivity (Wildman–Crippen MR) is 48.7 cm³/mol. The van der Waals surface area contributed by atoms with Crippen molar-refractivity contribution in [2.45, 2.75) is 30.8 Å². The number of hydrogen-bond acceptors (Lipinski definition) is 1. The zero-order valence-electron chi connectivity index (χ0n) is 7.12. The zero-order valence-corrected chi connectivity index (χ0v) is 7.88. The summed E-state index contributed by atoms with van der Waals surface area (Å²) in [5.41, 5.74) is 0. The fourth-order valence-corrected chi connectivity index (χ4v) is 1.95. The van der Waals surface area contributed by atoms with E-state index in [4.69, 9.17) is 16.7 Å². The molecule has 0 bridgehead atoms. The van der Waals surface area contributed by atoms with Crippen LogP contribution in [0.15, 0.2) is 12.2 Å². The van der Waals surface area contributed by atoms with Crippen LogP contribution in [-0.4, -0.2) is 22.6 Å². The van der Waals surface area contributed by atoms with Crippen LogP contribution in [0.5, 0.6) is 0 Å². The molecule has 3 atom stereocenters. The van der Waals surface area contributed by atoms with E-state index in [0.29, 0.717) is 6.42 Å². The number of halogens is 2. The van der Waals surface area contributed by atoms with Gasteiger partial charge in [0.25, 0.3) is 0 Å². The van der Waals surface area contributed by atoms with Crippen LogP contribution in [0.4, 0.5) is 4.39 Å². The summed E-state index contributed by atoms with van der Waals surface area (Å²) in [6, 6.07) is 0. The molecule has 13 heavy (non-hydrogen) atoms. The zero-order chi connectivity index (χ0) is 9.84. The van der Waals surface area contributed by atoms with Crippen molar-refractivity contribution in [2.75, 3.05) is 0 Å². The van der Waals surface area contributed by atoms with Gasteiger partial charge in [0.15, 0.2) is 0 Å². The Hall–Kier alpha value is -0.570. The smallest absolute Gasteiger partial charge is 0.327 e. The Balaban J connectivity index is 2.58. The van der Waals surface area contributed by atoms with Crippen LogP contribution >= 0.6 is 11.6 Å². The first kappa shape index (κ1) is 10.5. The predicted octanol–water partition coefficient (Wildman–Crippen LogP) is 2.37. The lowest BCUT2D eigenvalue weighted by Crippen LogP contribution is -2.28. The van der Waals surface area contributed by atoms with Gasteiger partial charge in [0, 0.05) is 17.4 Å². The molecule has 3 unspecified atom stereocenters. The van der Waals surface area contributed by atoms with E-state index in [1.165, 1.54) is 6.08 Å². The molecule has 0 aromatic carbocycles.